The first-order valence-electron chi connectivity index (χ1n) is 10.3. The number of ether oxygens (including phenoxy) is 6. The molecule has 0 atom stereocenters. The molecule has 9 nitrogen and oxygen atoms in total. The number of hydrogen-bond donors (Lipinski definition) is 2. The molecule has 0 aliphatic carbocycles. The first-order chi connectivity index (χ1) is 14.7. The first kappa shape index (κ1) is 27.0. The van der Waals surface area contributed by atoms with Gasteiger partial charge >= 0.3 is 0 Å². The van der Waals surface area contributed by atoms with Crippen LogP contribution in [0.25, 0.3) is 0 Å². The van der Waals surface area contributed by atoms with Crippen molar-refractivity contribution in [2.45, 2.75) is 24.8 Å². The van der Waals surface area contributed by atoms with Crippen molar-refractivity contribution in [3.63, 3.8) is 0 Å². The quantitative estimate of drug-likeness (QED) is 0.215. The maximum Gasteiger partial charge on any atom is 0.208 e. The van der Waals surface area contributed by atoms with Gasteiger partial charge in [-0.25, -0.2) is 0 Å². The Bertz CT molecular complexity index is 529. The van der Waals surface area contributed by atoms with Crippen LogP contribution in [0.5, 0.6) is 11.8 Å². The van der Waals surface area contributed by atoms with E-state index in [0.29, 0.717) is 84.1 Å². The van der Waals surface area contributed by atoms with E-state index in [-0.39, 0.29) is 11.8 Å². The molecule has 30 heavy (non-hydrogen) atoms. The minimum absolute atomic E-state index is 0.0300. The Morgan fingerprint density at radius 3 is 1.47 bits per heavy atom. The molecule has 0 bridgehead atoms. The normalized spacial score (nSPS) is 11.4. The SMILES string of the molecule is CCCOCCOCCOCCOCCOCCOCCn1c(O)cc(SC)c1O. The van der Waals surface area contributed by atoms with E-state index in [1.807, 2.05) is 6.26 Å². The minimum atomic E-state index is 0.0300. The molecule has 1 heterocycles. The molecule has 0 saturated heterocycles. The molecule has 0 radical (unpaired) electrons. The maximum atomic E-state index is 9.93. The van der Waals surface area contributed by atoms with Crippen LogP contribution in [0.4, 0.5) is 0 Å². The fourth-order valence-electron chi connectivity index (χ4n) is 2.37. The third kappa shape index (κ3) is 12.6. The molecule has 2 N–H and O–H groups in total. The zero-order valence-electron chi connectivity index (χ0n) is 18.2. The first-order valence-corrected chi connectivity index (χ1v) is 11.5. The van der Waals surface area contributed by atoms with Crippen molar-refractivity contribution in [1.29, 1.82) is 0 Å². The summed E-state index contributed by atoms with van der Waals surface area (Å²) in [7, 11) is 0. The van der Waals surface area contributed by atoms with Gasteiger partial charge in [0.2, 0.25) is 5.88 Å². The molecule has 0 aliphatic heterocycles. The van der Waals surface area contributed by atoms with Crippen molar-refractivity contribution in [2.24, 2.45) is 0 Å². The topological polar surface area (TPSA) is 101 Å². The van der Waals surface area contributed by atoms with Crippen LogP contribution in [0.3, 0.4) is 0 Å². The van der Waals surface area contributed by atoms with Gasteiger partial charge in [0.05, 0.1) is 84.1 Å². The average molecular weight is 452 g/mol. The maximum absolute atomic E-state index is 9.93. The van der Waals surface area contributed by atoms with Gasteiger partial charge in [-0.2, -0.15) is 0 Å². The van der Waals surface area contributed by atoms with Gasteiger partial charge in [0.15, 0.2) is 5.88 Å². The highest BCUT2D eigenvalue weighted by atomic mass is 32.2. The highest BCUT2D eigenvalue weighted by molar-refractivity contribution is 7.98. The molecule has 0 spiro atoms. The van der Waals surface area contributed by atoms with E-state index in [4.69, 9.17) is 28.4 Å². The number of aromatic nitrogens is 1. The molecule has 1 aromatic heterocycles. The third-order valence-corrected chi connectivity index (χ3v) is 4.64. The van der Waals surface area contributed by atoms with E-state index < -0.39 is 0 Å². The number of hydrogen-bond acceptors (Lipinski definition) is 9. The fraction of sp³-hybridized carbons (Fsp3) is 0.800. The van der Waals surface area contributed by atoms with Crippen molar-refractivity contribution in [2.75, 3.05) is 85.5 Å². The second-order valence-electron chi connectivity index (χ2n) is 6.22. The van der Waals surface area contributed by atoms with Crippen LogP contribution in [-0.4, -0.2) is 100 Å². The number of nitrogens with zero attached hydrogens (tertiary/aromatic N) is 1. The zero-order chi connectivity index (χ0) is 21.9. The number of aromatic hydroxyl groups is 2. The van der Waals surface area contributed by atoms with Crippen molar-refractivity contribution in [3.8, 4) is 11.8 Å². The summed E-state index contributed by atoms with van der Waals surface area (Å²) in [5.74, 6) is 0.0906. The van der Waals surface area contributed by atoms with Crippen LogP contribution in [0.1, 0.15) is 13.3 Å². The molecule has 0 fully saturated rings. The Morgan fingerprint density at radius 2 is 1.10 bits per heavy atom. The van der Waals surface area contributed by atoms with Crippen LogP contribution in [0.2, 0.25) is 0 Å². The fourth-order valence-corrected chi connectivity index (χ4v) is 2.89. The predicted octanol–water partition coefficient (Wildman–Crippen LogP) is 2.13. The molecule has 10 heteroatoms. The van der Waals surface area contributed by atoms with Crippen LogP contribution >= 0.6 is 11.8 Å². The van der Waals surface area contributed by atoms with Crippen LogP contribution in [0, 0.1) is 0 Å². The Balaban J connectivity index is 1.79. The smallest absolute Gasteiger partial charge is 0.208 e. The summed E-state index contributed by atoms with van der Waals surface area (Å²) in [4.78, 5) is 0.641. The number of rotatable bonds is 21. The van der Waals surface area contributed by atoms with Gasteiger partial charge in [-0.15, -0.1) is 11.8 Å². The van der Waals surface area contributed by atoms with Crippen LogP contribution in [-0.2, 0) is 35.0 Å². The zero-order valence-corrected chi connectivity index (χ0v) is 19.0. The molecule has 1 rings (SSSR count). The van der Waals surface area contributed by atoms with E-state index in [2.05, 4.69) is 6.92 Å². The molecular formula is C20H37NO8S. The molecule has 0 aromatic carbocycles. The highest BCUT2D eigenvalue weighted by Crippen LogP contribution is 2.33. The van der Waals surface area contributed by atoms with Crippen molar-refractivity contribution in [3.05, 3.63) is 6.07 Å². The van der Waals surface area contributed by atoms with E-state index in [9.17, 15) is 10.2 Å². The summed E-state index contributed by atoms with van der Waals surface area (Å²) in [6.45, 7) is 8.83. The van der Waals surface area contributed by atoms with Gasteiger partial charge in [0, 0.05) is 12.7 Å². The lowest BCUT2D eigenvalue weighted by molar-refractivity contribution is -0.0170. The van der Waals surface area contributed by atoms with Crippen LogP contribution in [0.15, 0.2) is 11.0 Å². The summed E-state index contributed by atoms with van der Waals surface area (Å²) in [5, 5.41) is 19.7. The molecule has 0 unspecified atom stereocenters. The largest absolute Gasteiger partial charge is 0.494 e. The van der Waals surface area contributed by atoms with Crippen LogP contribution < -0.4 is 0 Å². The lowest BCUT2D eigenvalue weighted by Crippen LogP contribution is -2.14. The van der Waals surface area contributed by atoms with Crippen molar-refractivity contribution < 1.29 is 38.6 Å². The lowest BCUT2D eigenvalue weighted by atomic mass is 10.5. The van der Waals surface area contributed by atoms with Gasteiger partial charge in [-0.1, -0.05) is 6.92 Å². The Hall–Kier alpha value is -1.01. The third-order valence-electron chi connectivity index (χ3n) is 3.90. The monoisotopic (exact) mass is 451 g/mol. The molecular weight excluding hydrogens is 414 g/mol. The average Bonchev–Trinajstić information content (AvgIpc) is 3.02. The summed E-state index contributed by atoms with van der Waals surface area (Å²) in [5.41, 5.74) is 0. The Labute approximate surface area is 183 Å². The predicted molar refractivity (Wildman–Crippen MR) is 115 cm³/mol. The van der Waals surface area contributed by atoms with Gasteiger partial charge in [-0.3, -0.25) is 4.57 Å². The Morgan fingerprint density at radius 1 is 0.700 bits per heavy atom. The molecule has 176 valence electrons. The molecule has 0 amide bonds. The highest BCUT2D eigenvalue weighted by Gasteiger charge is 2.12. The van der Waals surface area contributed by atoms with E-state index >= 15 is 0 Å². The van der Waals surface area contributed by atoms with E-state index in [1.54, 1.807) is 0 Å². The van der Waals surface area contributed by atoms with E-state index in [0.717, 1.165) is 13.0 Å². The molecule has 0 aliphatic rings. The van der Waals surface area contributed by atoms with E-state index in [1.165, 1.54) is 22.4 Å². The lowest BCUT2D eigenvalue weighted by Gasteiger charge is -2.09. The number of thioether (sulfide) groups is 1. The molecule has 1 aromatic rings. The minimum Gasteiger partial charge on any atom is -0.494 e. The summed E-state index contributed by atoms with van der Waals surface area (Å²) in [6, 6.07) is 1.53. The van der Waals surface area contributed by atoms with Gasteiger partial charge in [-0.05, 0) is 12.7 Å². The summed E-state index contributed by atoms with van der Waals surface area (Å²) in [6.07, 6.45) is 2.86. The summed E-state index contributed by atoms with van der Waals surface area (Å²) >= 11 is 1.38. The second kappa shape index (κ2) is 18.7. The van der Waals surface area contributed by atoms with Gasteiger partial charge in [0.1, 0.15) is 0 Å². The standard InChI is InChI=1S/C20H37NO8S/c1-3-5-24-7-9-26-11-13-28-15-16-29-14-12-27-10-8-25-6-4-21-19(22)17-18(30-2)20(21)23/h17,22-23H,3-16H2,1-2H3. The van der Waals surface area contributed by atoms with Gasteiger partial charge < -0.3 is 38.6 Å². The Kier molecular flexibility index (Phi) is 16.9. The van der Waals surface area contributed by atoms with Crippen molar-refractivity contribution in [1.82, 2.24) is 4.57 Å². The second-order valence-corrected chi connectivity index (χ2v) is 7.07. The molecule has 0 saturated carbocycles. The van der Waals surface area contributed by atoms with Crippen molar-refractivity contribution >= 4 is 11.8 Å². The summed E-state index contributed by atoms with van der Waals surface area (Å²) < 4.78 is 33.8. The van der Waals surface area contributed by atoms with Gasteiger partial charge in [0.25, 0.3) is 0 Å².